The van der Waals surface area contributed by atoms with Crippen molar-refractivity contribution in [1.82, 2.24) is 10.2 Å². The maximum Gasteiger partial charge on any atom is 0.241 e. The number of rotatable bonds is 10. The fraction of sp³-hybridized carbons (Fsp3) is 0.480. The van der Waals surface area contributed by atoms with Crippen LogP contribution < -0.4 is 14.4 Å². The molecule has 0 bridgehead atoms. The van der Waals surface area contributed by atoms with Gasteiger partial charge < -0.3 is 10.1 Å². The largest absolute Gasteiger partial charge is 0.491 e. The fourth-order valence-corrected chi connectivity index (χ4v) is 4.86. The second-order valence-corrected chi connectivity index (χ2v) is 10.7. The third-order valence-electron chi connectivity index (χ3n) is 5.60. The second kappa shape index (κ2) is 11.5. The van der Waals surface area contributed by atoms with Crippen molar-refractivity contribution in [2.75, 3.05) is 30.2 Å². The minimum absolute atomic E-state index is 0.0414. The highest BCUT2D eigenvalue weighted by Crippen LogP contribution is 2.24. The smallest absolute Gasteiger partial charge is 0.241 e. The van der Waals surface area contributed by atoms with E-state index >= 15 is 0 Å². The molecule has 8 heteroatoms. The Kier molecular flexibility index (Phi) is 8.74. The molecule has 1 aliphatic rings. The molecule has 180 valence electrons. The van der Waals surface area contributed by atoms with Gasteiger partial charge in [0.15, 0.2) is 0 Å². The molecular formula is C25H35N3O4S. The van der Waals surface area contributed by atoms with Gasteiger partial charge in [0.1, 0.15) is 12.3 Å². The summed E-state index contributed by atoms with van der Waals surface area (Å²) in [5.74, 6) is 0.201. The first kappa shape index (κ1) is 25.1. The molecule has 0 atom stereocenters. The number of amides is 1. The summed E-state index contributed by atoms with van der Waals surface area (Å²) >= 11 is 0. The molecule has 1 aliphatic heterocycles. The average Bonchev–Trinajstić information content (AvgIpc) is 2.76. The first-order valence-corrected chi connectivity index (χ1v) is 13.4. The Morgan fingerprint density at radius 3 is 2.42 bits per heavy atom. The topological polar surface area (TPSA) is 79.0 Å². The van der Waals surface area contributed by atoms with E-state index in [9.17, 15) is 13.2 Å². The quantitative estimate of drug-likeness (QED) is 0.571. The Balaban J connectivity index is 1.66. The molecule has 1 heterocycles. The number of hydrogen-bond acceptors (Lipinski definition) is 5. The Morgan fingerprint density at radius 2 is 1.76 bits per heavy atom. The molecule has 0 saturated carbocycles. The van der Waals surface area contributed by atoms with E-state index in [-0.39, 0.29) is 18.6 Å². The number of carbonyl (C=O) groups is 1. The van der Waals surface area contributed by atoms with Crippen LogP contribution in [-0.4, -0.2) is 51.2 Å². The molecule has 2 aromatic carbocycles. The van der Waals surface area contributed by atoms with Crippen molar-refractivity contribution in [2.45, 2.75) is 52.3 Å². The number of nitrogens with one attached hydrogen (secondary N) is 1. The van der Waals surface area contributed by atoms with Gasteiger partial charge in [0.25, 0.3) is 0 Å². The molecule has 33 heavy (non-hydrogen) atoms. The first-order valence-electron chi connectivity index (χ1n) is 11.5. The summed E-state index contributed by atoms with van der Waals surface area (Å²) in [6, 6.07) is 14.9. The maximum absolute atomic E-state index is 12.8. The van der Waals surface area contributed by atoms with Crippen molar-refractivity contribution < 1.29 is 17.9 Å². The van der Waals surface area contributed by atoms with E-state index in [1.54, 1.807) is 24.3 Å². The fourth-order valence-electron chi connectivity index (χ4n) is 4.01. The highest BCUT2D eigenvalue weighted by atomic mass is 32.2. The third-order valence-corrected chi connectivity index (χ3v) is 6.74. The lowest BCUT2D eigenvalue weighted by Gasteiger charge is -2.27. The van der Waals surface area contributed by atoms with Gasteiger partial charge in [0.05, 0.1) is 18.0 Å². The molecule has 1 fully saturated rings. The number of likely N-dealkylation sites (tertiary alicyclic amines) is 1. The first-order chi connectivity index (χ1) is 15.7. The van der Waals surface area contributed by atoms with E-state index in [0.29, 0.717) is 18.0 Å². The zero-order valence-electron chi connectivity index (χ0n) is 19.8. The summed E-state index contributed by atoms with van der Waals surface area (Å²) in [7, 11) is -3.66. The summed E-state index contributed by atoms with van der Waals surface area (Å²) in [5, 5.41) is 2.90. The highest BCUT2D eigenvalue weighted by Gasteiger charge is 2.22. The van der Waals surface area contributed by atoms with Crippen molar-refractivity contribution in [3.05, 3.63) is 59.7 Å². The number of sulfonamides is 1. The SMILES string of the molecule is CC(C)Oc1cccc(N(CC(=O)NCc2ccccc2CN2CCCCC2)S(C)(=O)=O)c1. The molecule has 1 N–H and O–H groups in total. The van der Waals surface area contributed by atoms with Crippen LogP contribution in [0.25, 0.3) is 0 Å². The maximum atomic E-state index is 12.8. The minimum Gasteiger partial charge on any atom is -0.491 e. The Hall–Kier alpha value is -2.58. The standard InChI is InChI=1S/C25H35N3O4S/c1-20(2)32-24-13-9-12-23(16-24)28(33(3,30)31)19-25(29)26-17-21-10-5-6-11-22(21)18-27-14-7-4-8-15-27/h5-6,9-13,16,20H,4,7-8,14-15,17-19H2,1-3H3,(H,26,29). The molecule has 0 aromatic heterocycles. The summed E-state index contributed by atoms with van der Waals surface area (Å²) in [6.07, 6.45) is 4.80. The molecule has 0 spiro atoms. The number of piperidine rings is 1. The van der Waals surface area contributed by atoms with Gasteiger partial charge in [0, 0.05) is 19.2 Å². The van der Waals surface area contributed by atoms with Gasteiger partial charge in [-0.1, -0.05) is 36.8 Å². The zero-order chi connectivity index (χ0) is 23.8. The van der Waals surface area contributed by atoms with Gasteiger partial charge in [-0.2, -0.15) is 0 Å². The van der Waals surface area contributed by atoms with Crippen molar-refractivity contribution in [3.63, 3.8) is 0 Å². The molecule has 0 radical (unpaired) electrons. The van der Waals surface area contributed by atoms with E-state index in [0.717, 1.165) is 35.8 Å². The number of anilines is 1. The number of carbonyl (C=O) groups excluding carboxylic acids is 1. The number of ether oxygens (including phenoxy) is 1. The molecule has 2 aromatic rings. The van der Waals surface area contributed by atoms with Crippen LogP contribution in [0.1, 0.15) is 44.2 Å². The van der Waals surface area contributed by atoms with Crippen LogP contribution >= 0.6 is 0 Å². The van der Waals surface area contributed by atoms with Crippen molar-refractivity contribution >= 4 is 21.6 Å². The molecule has 0 aliphatic carbocycles. The monoisotopic (exact) mass is 473 g/mol. The van der Waals surface area contributed by atoms with Gasteiger partial charge >= 0.3 is 0 Å². The molecule has 7 nitrogen and oxygen atoms in total. The van der Waals surface area contributed by atoms with Crippen LogP contribution in [0.4, 0.5) is 5.69 Å². The van der Waals surface area contributed by atoms with Crippen LogP contribution in [0, 0.1) is 0 Å². The van der Waals surface area contributed by atoms with E-state index < -0.39 is 10.0 Å². The van der Waals surface area contributed by atoms with Crippen molar-refractivity contribution in [3.8, 4) is 5.75 Å². The predicted octanol–water partition coefficient (Wildman–Crippen LogP) is 3.54. The van der Waals surface area contributed by atoms with E-state index in [1.165, 1.54) is 24.8 Å². The van der Waals surface area contributed by atoms with E-state index in [2.05, 4.69) is 16.3 Å². The van der Waals surface area contributed by atoms with E-state index in [1.807, 2.05) is 32.0 Å². The molecule has 3 rings (SSSR count). The predicted molar refractivity (Wildman–Crippen MR) is 132 cm³/mol. The average molecular weight is 474 g/mol. The van der Waals surface area contributed by atoms with Crippen LogP contribution in [0.3, 0.4) is 0 Å². The van der Waals surface area contributed by atoms with Gasteiger partial charge in [-0.25, -0.2) is 8.42 Å². The van der Waals surface area contributed by atoms with E-state index in [4.69, 9.17) is 4.74 Å². The summed E-state index contributed by atoms with van der Waals surface area (Å²) < 4.78 is 31.7. The third kappa shape index (κ3) is 7.75. The molecular weight excluding hydrogens is 438 g/mol. The van der Waals surface area contributed by atoms with Gasteiger partial charge in [-0.05, 0) is 63.0 Å². The van der Waals surface area contributed by atoms with Gasteiger partial charge in [-0.3, -0.25) is 14.0 Å². The Bertz CT molecular complexity index is 1030. The normalized spacial score (nSPS) is 14.8. The van der Waals surface area contributed by atoms with Crippen molar-refractivity contribution in [1.29, 1.82) is 0 Å². The lowest BCUT2D eigenvalue weighted by atomic mass is 10.0. The van der Waals surface area contributed by atoms with Crippen molar-refractivity contribution in [2.24, 2.45) is 0 Å². The highest BCUT2D eigenvalue weighted by molar-refractivity contribution is 7.92. The number of hydrogen-bond donors (Lipinski definition) is 1. The van der Waals surface area contributed by atoms with Crippen LogP contribution in [-0.2, 0) is 27.9 Å². The Labute approximate surface area is 197 Å². The Morgan fingerprint density at radius 1 is 1.06 bits per heavy atom. The van der Waals surface area contributed by atoms with Gasteiger partial charge in [0.2, 0.25) is 15.9 Å². The second-order valence-electron chi connectivity index (χ2n) is 8.82. The van der Waals surface area contributed by atoms with Crippen LogP contribution in [0.5, 0.6) is 5.75 Å². The molecule has 1 saturated heterocycles. The summed E-state index contributed by atoms with van der Waals surface area (Å²) in [6.45, 7) is 6.93. The lowest BCUT2D eigenvalue weighted by molar-refractivity contribution is -0.119. The number of benzene rings is 2. The summed E-state index contributed by atoms with van der Waals surface area (Å²) in [4.78, 5) is 15.2. The lowest BCUT2D eigenvalue weighted by Crippen LogP contribution is -2.40. The number of nitrogens with zero attached hydrogens (tertiary/aromatic N) is 2. The van der Waals surface area contributed by atoms with Crippen LogP contribution in [0.2, 0.25) is 0 Å². The zero-order valence-corrected chi connectivity index (χ0v) is 20.6. The van der Waals surface area contributed by atoms with Gasteiger partial charge in [-0.15, -0.1) is 0 Å². The molecule has 0 unspecified atom stereocenters. The summed E-state index contributed by atoms with van der Waals surface area (Å²) in [5.41, 5.74) is 2.64. The van der Waals surface area contributed by atoms with Crippen LogP contribution in [0.15, 0.2) is 48.5 Å². The molecule has 1 amide bonds. The minimum atomic E-state index is -3.66.